The lowest BCUT2D eigenvalue weighted by molar-refractivity contribution is -0.116. The number of amides is 1. The Balaban J connectivity index is 1.92. The molecule has 0 bridgehead atoms. The van der Waals surface area contributed by atoms with E-state index in [1.165, 1.54) is 0 Å². The van der Waals surface area contributed by atoms with Gasteiger partial charge in [0.15, 0.2) is 0 Å². The van der Waals surface area contributed by atoms with Crippen LogP contribution in [-0.2, 0) is 4.79 Å². The van der Waals surface area contributed by atoms with Crippen LogP contribution in [0, 0.1) is 0 Å². The van der Waals surface area contributed by atoms with Crippen LogP contribution in [0.5, 0.6) is 0 Å². The quantitative estimate of drug-likeness (QED) is 0.824. The molecular weight excluding hydrogens is 288 g/mol. The SMILES string of the molecule is CCN(CC)c1ccc(NC(=O)CC(N)c2ccccc2)cn1. The molecular formula is C18H24N4O. The molecule has 1 atom stereocenters. The first-order valence-electron chi connectivity index (χ1n) is 7.95. The van der Waals surface area contributed by atoms with E-state index < -0.39 is 0 Å². The van der Waals surface area contributed by atoms with Crippen LogP contribution in [0.15, 0.2) is 48.7 Å². The van der Waals surface area contributed by atoms with Crippen molar-refractivity contribution in [2.24, 2.45) is 5.73 Å². The minimum atomic E-state index is -0.306. The van der Waals surface area contributed by atoms with E-state index in [2.05, 4.69) is 29.0 Å². The first-order chi connectivity index (χ1) is 11.1. The van der Waals surface area contributed by atoms with E-state index in [4.69, 9.17) is 5.73 Å². The predicted molar refractivity (Wildman–Crippen MR) is 94.4 cm³/mol. The van der Waals surface area contributed by atoms with Crippen LogP contribution in [0.25, 0.3) is 0 Å². The second kappa shape index (κ2) is 8.29. The summed E-state index contributed by atoms with van der Waals surface area (Å²) >= 11 is 0. The zero-order valence-corrected chi connectivity index (χ0v) is 13.7. The minimum Gasteiger partial charge on any atom is -0.357 e. The first-order valence-corrected chi connectivity index (χ1v) is 7.95. The number of carbonyl (C=O) groups excluding carboxylic acids is 1. The molecule has 1 aromatic carbocycles. The van der Waals surface area contributed by atoms with Crippen molar-refractivity contribution in [3.63, 3.8) is 0 Å². The van der Waals surface area contributed by atoms with E-state index in [0.29, 0.717) is 5.69 Å². The second-order valence-electron chi connectivity index (χ2n) is 5.35. The highest BCUT2D eigenvalue weighted by Gasteiger charge is 2.12. The fourth-order valence-electron chi connectivity index (χ4n) is 2.42. The molecule has 0 aliphatic rings. The van der Waals surface area contributed by atoms with Crippen molar-refractivity contribution in [2.45, 2.75) is 26.3 Å². The van der Waals surface area contributed by atoms with Gasteiger partial charge in [-0.05, 0) is 31.5 Å². The number of nitrogens with zero attached hydrogens (tertiary/aromatic N) is 2. The highest BCUT2D eigenvalue weighted by atomic mass is 16.1. The van der Waals surface area contributed by atoms with Crippen LogP contribution in [0.3, 0.4) is 0 Å². The van der Waals surface area contributed by atoms with Crippen LogP contribution in [-0.4, -0.2) is 24.0 Å². The number of hydrogen-bond donors (Lipinski definition) is 2. The van der Waals surface area contributed by atoms with E-state index in [0.717, 1.165) is 24.5 Å². The molecule has 0 saturated carbocycles. The summed E-state index contributed by atoms with van der Waals surface area (Å²) in [6.45, 7) is 5.99. The third-order valence-corrected chi connectivity index (χ3v) is 3.75. The molecule has 1 heterocycles. The molecule has 0 saturated heterocycles. The molecule has 2 aromatic rings. The standard InChI is InChI=1S/C18H24N4O/c1-3-22(4-2)17-11-10-15(13-20-17)21-18(23)12-16(19)14-8-6-5-7-9-14/h5-11,13,16H,3-4,12,19H2,1-2H3,(H,21,23). The van der Waals surface area contributed by atoms with Gasteiger partial charge in [0.2, 0.25) is 5.91 Å². The van der Waals surface area contributed by atoms with Gasteiger partial charge in [-0.25, -0.2) is 4.98 Å². The number of carbonyl (C=O) groups is 1. The molecule has 1 unspecified atom stereocenters. The molecule has 1 aromatic heterocycles. The average Bonchev–Trinajstić information content (AvgIpc) is 2.58. The van der Waals surface area contributed by atoms with Crippen LogP contribution in [0.2, 0.25) is 0 Å². The molecule has 23 heavy (non-hydrogen) atoms. The van der Waals surface area contributed by atoms with Gasteiger partial charge in [0, 0.05) is 25.6 Å². The number of anilines is 2. The van der Waals surface area contributed by atoms with Crippen LogP contribution in [0.1, 0.15) is 31.9 Å². The molecule has 0 aliphatic heterocycles. The van der Waals surface area contributed by atoms with E-state index in [9.17, 15) is 4.79 Å². The van der Waals surface area contributed by atoms with Crippen molar-refractivity contribution < 1.29 is 4.79 Å². The number of hydrogen-bond acceptors (Lipinski definition) is 4. The van der Waals surface area contributed by atoms with Gasteiger partial charge in [0.25, 0.3) is 0 Å². The molecule has 2 rings (SSSR count). The van der Waals surface area contributed by atoms with Gasteiger partial charge in [-0.15, -0.1) is 0 Å². The maximum absolute atomic E-state index is 12.1. The highest BCUT2D eigenvalue weighted by Crippen LogP contribution is 2.16. The second-order valence-corrected chi connectivity index (χ2v) is 5.35. The third kappa shape index (κ3) is 4.79. The maximum atomic E-state index is 12.1. The van der Waals surface area contributed by atoms with E-state index in [1.807, 2.05) is 42.5 Å². The highest BCUT2D eigenvalue weighted by molar-refractivity contribution is 5.91. The molecule has 5 nitrogen and oxygen atoms in total. The van der Waals surface area contributed by atoms with Crippen molar-refractivity contribution in [1.82, 2.24) is 4.98 Å². The Labute approximate surface area is 137 Å². The number of aromatic nitrogens is 1. The van der Waals surface area contributed by atoms with E-state index in [-0.39, 0.29) is 18.4 Å². The minimum absolute atomic E-state index is 0.112. The molecule has 0 radical (unpaired) electrons. The van der Waals surface area contributed by atoms with Gasteiger partial charge < -0.3 is 16.0 Å². The van der Waals surface area contributed by atoms with E-state index >= 15 is 0 Å². The summed E-state index contributed by atoms with van der Waals surface area (Å²) in [4.78, 5) is 18.6. The zero-order chi connectivity index (χ0) is 16.7. The summed E-state index contributed by atoms with van der Waals surface area (Å²) in [5, 5.41) is 2.84. The Hall–Kier alpha value is -2.40. The molecule has 0 spiro atoms. The Kier molecular flexibility index (Phi) is 6.11. The summed E-state index contributed by atoms with van der Waals surface area (Å²) < 4.78 is 0. The van der Waals surface area contributed by atoms with Gasteiger partial charge >= 0.3 is 0 Å². The Morgan fingerprint density at radius 2 is 1.87 bits per heavy atom. The van der Waals surface area contributed by atoms with Crippen LogP contribution < -0.4 is 16.0 Å². The van der Waals surface area contributed by atoms with E-state index in [1.54, 1.807) is 6.20 Å². The fourth-order valence-corrected chi connectivity index (χ4v) is 2.42. The van der Waals surface area contributed by atoms with Crippen molar-refractivity contribution >= 4 is 17.4 Å². The summed E-state index contributed by atoms with van der Waals surface area (Å²) in [6, 6.07) is 13.1. The van der Waals surface area contributed by atoms with Crippen molar-refractivity contribution in [3.05, 3.63) is 54.2 Å². The maximum Gasteiger partial charge on any atom is 0.226 e. The monoisotopic (exact) mass is 312 g/mol. The van der Waals surface area contributed by atoms with Crippen molar-refractivity contribution in [1.29, 1.82) is 0 Å². The molecule has 3 N–H and O–H groups in total. The van der Waals surface area contributed by atoms with Gasteiger partial charge in [0.1, 0.15) is 5.82 Å². The van der Waals surface area contributed by atoms with Crippen molar-refractivity contribution in [2.75, 3.05) is 23.3 Å². The molecule has 5 heteroatoms. The molecule has 0 fully saturated rings. The number of pyridine rings is 1. The summed E-state index contributed by atoms with van der Waals surface area (Å²) in [6.07, 6.45) is 1.92. The average molecular weight is 312 g/mol. The topological polar surface area (TPSA) is 71.2 Å². The number of nitrogens with two attached hydrogens (primary N) is 1. The summed E-state index contributed by atoms with van der Waals surface area (Å²) in [7, 11) is 0. The molecule has 122 valence electrons. The zero-order valence-electron chi connectivity index (χ0n) is 13.7. The van der Waals surface area contributed by atoms with Gasteiger partial charge in [-0.3, -0.25) is 4.79 Å². The van der Waals surface area contributed by atoms with Gasteiger partial charge in [0.05, 0.1) is 11.9 Å². The van der Waals surface area contributed by atoms with Gasteiger partial charge in [-0.2, -0.15) is 0 Å². The molecule has 0 aliphatic carbocycles. The summed E-state index contributed by atoms with van der Waals surface area (Å²) in [5.74, 6) is 0.799. The van der Waals surface area contributed by atoms with Crippen LogP contribution >= 0.6 is 0 Å². The number of nitrogens with one attached hydrogen (secondary N) is 1. The Bertz CT molecular complexity index is 609. The number of benzene rings is 1. The smallest absolute Gasteiger partial charge is 0.226 e. The predicted octanol–water partition coefficient (Wildman–Crippen LogP) is 2.96. The van der Waals surface area contributed by atoms with Crippen molar-refractivity contribution in [3.8, 4) is 0 Å². The normalized spacial score (nSPS) is 11.8. The lowest BCUT2D eigenvalue weighted by Crippen LogP contribution is -2.23. The van der Waals surface area contributed by atoms with Gasteiger partial charge in [-0.1, -0.05) is 30.3 Å². The lowest BCUT2D eigenvalue weighted by Gasteiger charge is -2.19. The first kappa shape index (κ1) is 17.0. The lowest BCUT2D eigenvalue weighted by atomic mass is 10.0. The fraction of sp³-hybridized carbons (Fsp3) is 0.333. The largest absolute Gasteiger partial charge is 0.357 e. The Morgan fingerprint density at radius 3 is 2.43 bits per heavy atom. The molecule has 1 amide bonds. The number of rotatable bonds is 7. The van der Waals surface area contributed by atoms with Crippen LogP contribution in [0.4, 0.5) is 11.5 Å². The third-order valence-electron chi connectivity index (χ3n) is 3.75. The Morgan fingerprint density at radius 1 is 1.17 bits per heavy atom. The summed E-state index contributed by atoms with van der Waals surface area (Å²) in [5.41, 5.74) is 7.71.